The molecule has 0 radical (unpaired) electrons. The van der Waals surface area contributed by atoms with E-state index in [2.05, 4.69) is 21.2 Å². The van der Waals surface area contributed by atoms with Crippen molar-refractivity contribution in [1.82, 2.24) is 5.32 Å². The van der Waals surface area contributed by atoms with Crippen molar-refractivity contribution in [3.8, 4) is 5.75 Å². The van der Waals surface area contributed by atoms with Gasteiger partial charge in [0.1, 0.15) is 11.6 Å². The van der Waals surface area contributed by atoms with Gasteiger partial charge in [-0.3, -0.25) is 4.79 Å². The Morgan fingerprint density at radius 3 is 2.71 bits per heavy atom. The summed E-state index contributed by atoms with van der Waals surface area (Å²) < 4.78 is 19.3. The van der Waals surface area contributed by atoms with E-state index in [0.717, 1.165) is 5.56 Å². The Bertz CT molecular complexity index is 660. The van der Waals surface area contributed by atoms with Crippen molar-refractivity contribution in [1.29, 1.82) is 0 Å². The number of hydrogen-bond acceptors (Lipinski definition) is 2. The molecule has 5 heteroatoms. The van der Waals surface area contributed by atoms with E-state index in [9.17, 15) is 9.18 Å². The molecule has 2 aromatic rings. The van der Waals surface area contributed by atoms with Gasteiger partial charge in [0.05, 0.1) is 23.2 Å². The van der Waals surface area contributed by atoms with Crippen molar-refractivity contribution in [2.24, 2.45) is 0 Å². The van der Waals surface area contributed by atoms with Gasteiger partial charge in [-0.2, -0.15) is 0 Å². The molecule has 0 aliphatic rings. The monoisotopic (exact) mass is 351 g/mol. The van der Waals surface area contributed by atoms with E-state index in [0.29, 0.717) is 5.75 Å². The lowest BCUT2D eigenvalue weighted by Gasteiger charge is -2.15. The second-order valence-electron chi connectivity index (χ2n) is 4.57. The van der Waals surface area contributed by atoms with Gasteiger partial charge in [-0.05, 0) is 52.7 Å². The van der Waals surface area contributed by atoms with Crippen LogP contribution in [0.2, 0.25) is 0 Å². The summed E-state index contributed by atoms with van der Waals surface area (Å²) in [6.45, 7) is 1.84. The van der Waals surface area contributed by atoms with Gasteiger partial charge < -0.3 is 10.1 Å². The molecule has 2 rings (SSSR count). The number of nitrogens with one attached hydrogen (secondary N) is 1. The summed E-state index contributed by atoms with van der Waals surface area (Å²) in [7, 11) is 1.58. The van der Waals surface area contributed by atoms with Crippen molar-refractivity contribution >= 4 is 21.8 Å². The SMILES string of the molecule is COc1cccc(C(C)NC(=O)c2cccc(Br)c2F)c1. The lowest BCUT2D eigenvalue weighted by molar-refractivity contribution is 0.0935. The van der Waals surface area contributed by atoms with Gasteiger partial charge in [-0.25, -0.2) is 4.39 Å². The average Bonchev–Trinajstić information content (AvgIpc) is 2.49. The number of benzene rings is 2. The fourth-order valence-corrected chi connectivity index (χ4v) is 2.31. The maximum absolute atomic E-state index is 13.9. The molecule has 0 saturated carbocycles. The summed E-state index contributed by atoms with van der Waals surface area (Å²) >= 11 is 3.07. The average molecular weight is 352 g/mol. The number of carbonyl (C=O) groups is 1. The normalized spacial score (nSPS) is 11.8. The highest BCUT2D eigenvalue weighted by Crippen LogP contribution is 2.21. The van der Waals surface area contributed by atoms with Crippen molar-refractivity contribution < 1.29 is 13.9 Å². The molecule has 0 spiro atoms. The minimum atomic E-state index is -0.562. The van der Waals surface area contributed by atoms with Gasteiger partial charge >= 0.3 is 0 Å². The van der Waals surface area contributed by atoms with Crippen molar-refractivity contribution in [3.63, 3.8) is 0 Å². The summed E-state index contributed by atoms with van der Waals surface area (Å²) in [5.74, 6) is -0.306. The Morgan fingerprint density at radius 2 is 2.00 bits per heavy atom. The molecule has 0 saturated heterocycles. The van der Waals surface area contributed by atoms with E-state index in [1.165, 1.54) is 6.07 Å². The predicted octanol–water partition coefficient (Wildman–Crippen LogP) is 4.09. The van der Waals surface area contributed by atoms with Crippen LogP contribution in [0.25, 0.3) is 0 Å². The highest BCUT2D eigenvalue weighted by atomic mass is 79.9. The molecule has 110 valence electrons. The molecule has 3 nitrogen and oxygen atoms in total. The fourth-order valence-electron chi connectivity index (χ4n) is 1.95. The fraction of sp³-hybridized carbons (Fsp3) is 0.188. The molecular weight excluding hydrogens is 337 g/mol. The highest BCUT2D eigenvalue weighted by Gasteiger charge is 2.16. The van der Waals surface area contributed by atoms with Crippen LogP contribution in [-0.2, 0) is 0 Å². The third-order valence-corrected chi connectivity index (χ3v) is 3.75. The third kappa shape index (κ3) is 3.61. The first-order chi connectivity index (χ1) is 10.0. The lowest BCUT2D eigenvalue weighted by Crippen LogP contribution is -2.27. The maximum atomic E-state index is 13.9. The number of carbonyl (C=O) groups excluding carboxylic acids is 1. The summed E-state index contributed by atoms with van der Waals surface area (Å²) in [6, 6.07) is 11.8. The number of amides is 1. The Balaban J connectivity index is 2.16. The second kappa shape index (κ2) is 6.72. The number of hydrogen-bond donors (Lipinski definition) is 1. The zero-order chi connectivity index (χ0) is 15.4. The van der Waals surface area contributed by atoms with Gasteiger partial charge in [-0.1, -0.05) is 18.2 Å². The molecule has 0 aromatic heterocycles. The van der Waals surface area contributed by atoms with E-state index in [1.54, 1.807) is 19.2 Å². The van der Waals surface area contributed by atoms with Crippen LogP contribution >= 0.6 is 15.9 Å². The standard InChI is InChI=1S/C16H15BrFNO2/c1-10(11-5-3-6-12(9-11)21-2)19-16(20)13-7-4-8-14(17)15(13)18/h3-10H,1-2H3,(H,19,20). The minimum Gasteiger partial charge on any atom is -0.497 e. The summed E-state index contributed by atoms with van der Waals surface area (Å²) in [5, 5.41) is 2.78. The van der Waals surface area contributed by atoms with Gasteiger partial charge in [0.15, 0.2) is 0 Å². The van der Waals surface area contributed by atoms with Crippen LogP contribution in [-0.4, -0.2) is 13.0 Å². The van der Waals surface area contributed by atoms with Crippen LogP contribution in [0.4, 0.5) is 4.39 Å². The third-order valence-electron chi connectivity index (χ3n) is 3.14. The number of rotatable bonds is 4. The largest absolute Gasteiger partial charge is 0.497 e. The summed E-state index contributed by atoms with van der Waals surface area (Å²) in [5.41, 5.74) is 0.900. The van der Waals surface area contributed by atoms with Gasteiger partial charge in [0.2, 0.25) is 0 Å². The van der Waals surface area contributed by atoms with E-state index in [1.807, 2.05) is 31.2 Å². The first-order valence-electron chi connectivity index (χ1n) is 6.41. The number of halogens is 2. The number of ether oxygens (including phenoxy) is 1. The first kappa shape index (κ1) is 15.5. The van der Waals surface area contributed by atoms with Crippen molar-refractivity contribution in [3.05, 3.63) is 63.9 Å². The second-order valence-corrected chi connectivity index (χ2v) is 5.43. The molecule has 21 heavy (non-hydrogen) atoms. The van der Waals surface area contributed by atoms with Gasteiger partial charge in [0, 0.05) is 0 Å². The molecule has 0 heterocycles. The molecule has 1 amide bonds. The van der Waals surface area contributed by atoms with Gasteiger partial charge in [-0.15, -0.1) is 0 Å². The van der Waals surface area contributed by atoms with Gasteiger partial charge in [0.25, 0.3) is 5.91 Å². The van der Waals surface area contributed by atoms with Crippen LogP contribution in [0, 0.1) is 5.82 Å². The first-order valence-corrected chi connectivity index (χ1v) is 7.21. The molecule has 0 aliphatic heterocycles. The molecule has 2 aromatic carbocycles. The quantitative estimate of drug-likeness (QED) is 0.900. The Morgan fingerprint density at radius 1 is 1.29 bits per heavy atom. The van der Waals surface area contributed by atoms with E-state index in [4.69, 9.17) is 4.74 Å². The summed E-state index contributed by atoms with van der Waals surface area (Å²) in [6.07, 6.45) is 0. The molecule has 0 aliphatic carbocycles. The van der Waals surface area contributed by atoms with E-state index in [-0.39, 0.29) is 16.1 Å². The maximum Gasteiger partial charge on any atom is 0.254 e. The van der Waals surface area contributed by atoms with Crippen molar-refractivity contribution in [2.75, 3.05) is 7.11 Å². The Kier molecular flexibility index (Phi) is 4.96. The number of methoxy groups -OCH3 is 1. The van der Waals surface area contributed by atoms with Crippen LogP contribution in [0.15, 0.2) is 46.9 Å². The van der Waals surface area contributed by atoms with Crippen LogP contribution < -0.4 is 10.1 Å². The van der Waals surface area contributed by atoms with Crippen LogP contribution in [0.3, 0.4) is 0 Å². The van der Waals surface area contributed by atoms with Crippen LogP contribution in [0.5, 0.6) is 5.75 Å². The summed E-state index contributed by atoms with van der Waals surface area (Å²) in [4.78, 5) is 12.2. The molecule has 0 bridgehead atoms. The molecule has 0 fully saturated rings. The minimum absolute atomic E-state index is 0.0131. The molecule has 1 atom stereocenters. The molecule has 1 N–H and O–H groups in total. The highest BCUT2D eigenvalue weighted by molar-refractivity contribution is 9.10. The topological polar surface area (TPSA) is 38.3 Å². The zero-order valence-electron chi connectivity index (χ0n) is 11.7. The smallest absolute Gasteiger partial charge is 0.254 e. The molecular formula is C16H15BrFNO2. The lowest BCUT2D eigenvalue weighted by atomic mass is 10.1. The molecule has 1 unspecified atom stereocenters. The van der Waals surface area contributed by atoms with Crippen molar-refractivity contribution in [2.45, 2.75) is 13.0 Å². The Labute approximate surface area is 131 Å². The van der Waals surface area contributed by atoms with E-state index < -0.39 is 11.7 Å². The zero-order valence-corrected chi connectivity index (χ0v) is 13.3. The Hall–Kier alpha value is -1.88. The predicted molar refractivity (Wildman–Crippen MR) is 83.0 cm³/mol. The van der Waals surface area contributed by atoms with E-state index >= 15 is 0 Å². The van der Waals surface area contributed by atoms with Crippen LogP contribution in [0.1, 0.15) is 28.9 Å².